The number of halogens is 3. The fraction of sp³-hybridized carbons (Fsp3) is 0.455. The third-order valence-electron chi connectivity index (χ3n) is 2.37. The molecule has 0 aliphatic carbocycles. The average Bonchev–Trinajstić information content (AvgIpc) is 2.29. The molecule has 1 rings (SSSR count). The summed E-state index contributed by atoms with van der Waals surface area (Å²) in [5, 5.41) is 0. The third kappa shape index (κ3) is 2.66. The first-order valence-corrected chi connectivity index (χ1v) is 5.20. The molecule has 0 radical (unpaired) electrons. The summed E-state index contributed by atoms with van der Waals surface area (Å²) in [7, 11) is 0. The Kier molecular flexibility index (Phi) is 4.61. The molecule has 0 fully saturated rings. The van der Waals surface area contributed by atoms with E-state index in [-0.39, 0.29) is 5.69 Å². The molecule has 1 aromatic rings. The average molecular weight is 232 g/mol. The maximum Gasteiger partial charge on any atom is 0.196 e. The van der Waals surface area contributed by atoms with Gasteiger partial charge in [0.1, 0.15) is 0 Å². The van der Waals surface area contributed by atoms with Gasteiger partial charge >= 0.3 is 0 Å². The molecule has 5 heteroatoms. The molecule has 0 saturated carbocycles. The van der Waals surface area contributed by atoms with Crippen LogP contribution in [0.3, 0.4) is 0 Å². The molecule has 16 heavy (non-hydrogen) atoms. The van der Waals surface area contributed by atoms with Gasteiger partial charge < -0.3 is 10.6 Å². The Balaban J connectivity index is 2.96. The van der Waals surface area contributed by atoms with Crippen molar-refractivity contribution in [2.24, 2.45) is 5.73 Å². The Morgan fingerprint density at radius 3 is 2.44 bits per heavy atom. The van der Waals surface area contributed by atoms with E-state index in [9.17, 15) is 13.2 Å². The molecular weight excluding hydrogens is 217 g/mol. The number of hydrogen-bond donors (Lipinski definition) is 1. The van der Waals surface area contributed by atoms with Crippen LogP contribution in [0.4, 0.5) is 18.9 Å². The maximum absolute atomic E-state index is 13.4. The third-order valence-corrected chi connectivity index (χ3v) is 2.37. The molecule has 2 nitrogen and oxygen atoms in total. The molecule has 2 N–H and O–H groups in total. The molecule has 0 heterocycles. The van der Waals surface area contributed by atoms with Gasteiger partial charge in [0.25, 0.3) is 0 Å². The second-order valence-corrected chi connectivity index (χ2v) is 3.42. The number of nitrogens with zero attached hydrogens (tertiary/aromatic N) is 1. The van der Waals surface area contributed by atoms with Gasteiger partial charge in [-0.3, -0.25) is 0 Å². The fourth-order valence-corrected chi connectivity index (χ4v) is 1.49. The Morgan fingerprint density at radius 2 is 1.88 bits per heavy atom. The first kappa shape index (κ1) is 12.8. The van der Waals surface area contributed by atoms with Gasteiger partial charge in [-0.2, -0.15) is 0 Å². The summed E-state index contributed by atoms with van der Waals surface area (Å²) in [4.78, 5) is 1.63. The number of hydrogen-bond acceptors (Lipinski definition) is 2. The minimum Gasteiger partial charge on any atom is -0.369 e. The van der Waals surface area contributed by atoms with Crippen LogP contribution in [0.1, 0.15) is 13.3 Å². The van der Waals surface area contributed by atoms with Gasteiger partial charge in [-0.15, -0.1) is 0 Å². The van der Waals surface area contributed by atoms with E-state index in [1.54, 1.807) is 4.90 Å². The summed E-state index contributed by atoms with van der Waals surface area (Å²) >= 11 is 0. The van der Waals surface area contributed by atoms with Crippen LogP contribution >= 0.6 is 0 Å². The maximum atomic E-state index is 13.4. The zero-order valence-electron chi connectivity index (χ0n) is 9.14. The Morgan fingerprint density at radius 1 is 1.19 bits per heavy atom. The van der Waals surface area contributed by atoms with E-state index in [0.717, 1.165) is 6.07 Å². The predicted molar refractivity (Wildman–Crippen MR) is 57.9 cm³/mol. The molecule has 0 spiro atoms. The van der Waals surface area contributed by atoms with Crippen LogP contribution in [0.25, 0.3) is 0 Å². The summed E-state index contributed by atoms with van der Waals surface area (Å²) in [6, 6.07) is 2.17. The molecule has 0 atom stereocenters. The van der Waals surface area contributed by atoms with Gasteiger partial charge in [0, 0.05) is 13.1 Å². The summed E-state index contributed by atoms with van der Waals surface area (Å²) in [6.07, 6.45) is 0.673. The van der Waals surface area contributed by atoms with Crippen molar-refractivity contribution in [2.75, 3.05) is 24.5 Å². The molecule has 0 saturated heterocycles. The highest BCUT2D eigenvalue weighted by Crippen LogP contribution is 2.23. The van der Waals surface area contributed by atoms with Crippen molar-refractivity contribution in [1.82, 2.24) is 0 Å². The van der Waals surface area contributed by atoms with Gasteiger partial charge in [0.2, 0.25) is 0 Å². The van der Waals surface area contributed by atoms with Crippen molar-refractivity contribution in [3.63, 3.8) is 0 Å². The van der Waals surface area contributed by atoms with Crippen LogP contribution < -0.4 is 10.6 Å². The largest absolute Gasteiger partial charge is 0.369 e. The van der Waals surface area contributed by atoms with Gasteiger partial charge in [0.15, 0.2) is 17.5 Å². The normalized spacial score (nSPS) is 10.6. The molecular formula is C11H15F3N2. The Hall–Kier alpha value is -1.23. The molecule has 0 aliphatic rings. The number of benzene rings is 1. The van der Waals surface area contributed by atoms with Gasteiger partial charge in [-0.05, 0) is 32.0 Å². The van der Waals surface area contributed by atoms with E-state index in [2.05, 4.69) is 0 Å². The van der Waals surface area contributed by atoms with Crippen molar-refractivity contribution >= 4 is 5.69 Å². The van der Waals surface area contributed by atoms with Crippen LogP contribution in [0, 0.1) is 17.5 Å². The lowest BCUT2D eigenvalue weighted by Crippen LogP contribution is -2.27. The van der Waals surface area contributed by atoms with E-state index < -0.39 is 17.5 Å². The smallest absolute Gasteiger partial charge is 0.196 e. The molecule has 0 amide bonds. The Labute approximate surface area is 92.9 Å². The highest BCUT2D eigenvalue weighted by atomic mass is 19.2. The molecule has 0 bridgehead atoms. The minimum absolute atomic E-state index is 0.0786. The lowest BCUT2D eigenvalue weighted by atomic mass is 10.2. The lowest BCUT2D eigenvalue weighted by Gasteiger charge is -2.23. The lowest BCUT2D eigenvalue weighted by molar-refractivity contribution is 0.446. The van der Waals surface area contributed by atoms with Gasteiger partial charge in [-0.1, -0.05) is 0 Å². The number of rotatable bonds is 5. The molecule has 1 aromatic carbocycles. The molecule has 90 valence electrons. The zero-order valence-corrected chi connectivity index (χ0v) is 9.14. The monoisotopic (exact) mass is 232 g/mol. The van der Waals surface area contributed by atoms with E-state index in [1.165, 1.54) is 6.07 Å². The predicted octanol–water partition coefficient (Wildman–Crippen LogP) is 2.28. The van der Waals surface area contributed by atoms with Crippen LogP contribution in [0.2, 0.25) is 0 Å². The van der Waals surface area contributed by atoms with Gasteiger partial charge in [0.05, 0.1) is 5.69 Å². The summed E-state index contributed by atoms with van der Waals surface area (Å²) in [6.45, 7) is 3.33. The van der Waals surface area contributed by atoms with E-state index in [4.69, 9.17) is 5.73 Å². The number of nitrogens with two attached hydrogens (primary N) is 1. The highest BCUT2D eigenvalue weighted by molar-refractivity contribution is 5.48. The summed E-state index contributed by atoms with van der Waals surface area (Å²) in [5.41, 5.74) is 5.43. The molecule has 0 aromatic heterocycles. The van der Waals surface area contributed by atoms with Crippen LogP contribution in [-0.2, 0) is 0 Å². The second-order valence-electron chi connectivity index (χ2n) is 3.42. The van der Waals surface area contributed by atoms with Crippen LogP contribution in [0.5, 0.6) is 0 Å². The van der Waals surface area contributed by atoms with E-state index in [0.29, 0.717) is 26.1 Å². The van der Waals surface area contributed by atoms with Crippen molar-refractivity contribution < 1.29 is 13.2 Å². The molecule has 0 unspecified atom stereocenters. The summed E-state index contributed by atoms with van der Waals surface area (Å²) < 4.78 is 39.2. The van der Waals surface area contributed by atoms with E-state index >= 15 is 0 Å². The topological polar surface area (TPSA) is 29.3 Å². The highest BCUT2D eigenvalue weighted by Gasteiger charge is 2.16. The minimum atomic E-state index is -1.43. The molecule has 0 aliphatic heterocycles. The standard InChI is InChI=1S/C11H15F3N2/c1-2-16(7-3-6-15)9-5-4-8(12)10(13)11(9)14/h4-5H,2-3,6-7,15H2,1H3. The van der Waals surface area contributed by atoms with Gasteiger partial charge in [-0.25, -0.2) is 13.2 Å². The van der Waals surface area contributed by atoms with Crippen molar-refractivity contribution in [1.29, 1.82) is 0 Å². The first-order chi connectivity index (χ1) is 7.61. The van der Waals surface area contributed by atoms with Crippen molar-refractivity contribution in [3.05, 3.63) is 29.6 Å². The SMILES string of the molecule is CCN(CCCN)c1ccc(F)c(F)c1F. The number of anilines is 1. The summed E-state index contributed by atoms with van der Waals surface area (Å²) in [5.74, 6) is -3.74. The fourth-order valence-electron chi connectivity index (χ4n) is 1.49. The quantitative estimate of drug-likeness (QED) is 0.789. The van der Waals surface area contributed by atoms with Crippen LogP contribution in [-0.4, -0.2) is 19.6 Å². The first-order valence-electron chi connectivity index (χ1n) is 5.20. The van der Waals surface area contributed by atoms with Crippen molar-refractivity contribution in [3.8, 4) is 0 Å². The Bertz CT molecular complexity index is 355. The second kappa shape index (κ2) is 5.75. The van der Waals surface area contributed by atoms with Crippen LogP contribution in [0.15, 0.2) is 12.1 Å². The van der Waals surface area contributed by atoms with Crippen molar-refractivity contribution in [2.45, 2.75) is 13.3 Å². The van der Waals surface area contributed by atoms with E-state index in [1.807, 2.05) is 6.92 Å². The zero-order chi connectivity index (χ0) is 12.1.